The van der Waals surface area contributed by atoms with Gasteiger partial charge in [0.2, 0.25) is 5.91 Å². The van der Waals surface area contributed by atoms with Gasteiger partial charge >= 0.3 is 6.03 Å². The highest BCUT2D eigenvalue weighted by molar-refractivity contribution is 6.10. The molecule has 1 saturated carbocycles. The summed E-state index contributed by atoms with van der Waals surface area (Å²) in [4.78, 5) is 34.6. The van der Waals surface area contributed by atoms with Crippen LogP contribution in [0.2, 0.25) is 0 Å². The van der Waals surface area contributed by atoms with Gasteiger partial charge in [0.15, 0.2) is 0 Å². The normalized spacial score (nSPS) is 26.7. The summed E-state index contributed by atoms with van der Waals surface area (Å²) < 4.78 is 0. The first-order valence-electron chi connectivity index (χ1n) is 11.4. The average Bonchev–Trinajstić information content (AvgIpc) is 3.07. The van der Waals surface area contributed by atoms with Crippen LogP contribution in [-0.2, 0) is 4.79 Å². The van der Waals surface area contributed by atoms with E-state index in [1.807, 2.05) is 42.3 Å². The molecular formula is C24H27N7O2. The quantitative estimate of drug-likeness (QED) is 0.756. The zero-order valence-corrected chi connectivity index (χ0v) is 18.7. The van der Waals surface area contributed by atoms with E-state index >= 15 is 0 Å². The first kappa shape index (κ1) is 21.2. The van der Waals surface area contributed by atoms with E-state index in [1.165, 1.54) is 6.92 Å². The fourth-order valence-electron chi connectivity index (χ4n) is 5.28. The summed E-state index contributed by atoms with van der Waals surface area (Å²) in [7, 11) is 1.87. The molecule has 33 heavy (non-hydrogen) atoms. The number of amides is 3. The van der Waals surface area contributed by atoms with Crippen LogP contribution in [0.15, 0.2) is 52.9 Å². The highest BCUT2D eigenvalue weighted by Gasteiger charge is 2.43. The second-order valence-corrected chi connectivity index (χ2v) is 8.90. The number of urea groups is 1. The molecular weight excluding hydrogens is 418 g/mol. The van der Waals surface area contributed by atoms with Crippen LogP contribution in [0.5, 0.6) is 0 Å². The Kier molecular flexibility index (Phi) is 5.62. The molecule has 9 nitrogen and oxygen atoms in total. The van der Waals surface area contributed by atoms with Crippen LogP contribution in [0, 0.1) is 11.8 Å². The van der Waals surface area contributed by atoms with Gasteiger partial charge in [-0.05, 0) is 49.9 Å². The van der Waals surface area contributed by atoms with Gasteiger partial charge < -0.3 is 15.5 Å². The van der Waals surface area contributed by atoms with E-state index in [0.717, 1.165) is 48.5 Å². The number of hydrogen-bond acceptors (Lipinski definition) is 6. The number of nitrogens with one attached hydrogen (secondary N) is 2. The van der Waals surface area contributed by atoms with Gasteiger partial charge in [0, 0.05) is 32.0 Å². The van der Waals surface area contributed by atoms with Crippen molar-refractivity contribution in [3.8, 4) is 0 Å². The van der Waals surface area contributed by atoms with Crippen molar-refractivity contribution >= 4 is 29.0 Å². The maximum absolute atomic E-state index is 12.3. The van der Waals surface area contributed by atoms with Gasteiger partial charge in [0.1, 0.15) is 0 Å². The summed E-state index contributed by atoms with van der Waals surface area (Å²) >= 11 is 0. The summed E-state index contributed by atoms with van der Waals surface area (Å²) in [6.45, 7) is 1.47. The van der Waals surface area contributed by atoms with Crippen molar-refractivity contribution < 1.29 is 9.59 Å². The third kappa shape index (κ3) is 4.10. The lowest BCUT2D eigenvalue weighted by atomic mass is 9.72. The van der Waals surface area contributed by atoms with E-state index < -0.39 is 0 Å². The zero-order valence-electron chi connectivity index (χ0n) is 18.7. The fourth-order valence-corrected chi connectivity index (χ4v) is 5.28. The van der Waals surface area contributed by atoms with Crippen molar-refractivity contribution in [1.82, 2.24) is 20.2 Å². The Bertz CT molecular complexity index is 1110. The van der Waals surface area contributed by atoms with Gasteiger partial charge in [-0.15, -0.1) is 0 Å². The predicted molar refractivity (Wildman–Crippen MR) is 125 cm³/mol. The summed E-state index contributed by atoms with van der Waals surface area (Å²) in [5.74, 6) is 0.110. The average molecular weight is 446 g/mol. The van der Waals surface area contributed by atoms with Gasteiger partial charge in [-0.2, -0.15) is 10.2 Å². The number of likely N-dealkylation sites (N-methyl/N-ethyl adjacent to an activating group) is 1. The summed E-state index contributed by atoms with van der Waals surface area (Å²) in [5, 5.41) is 15.2. The zero-order chi connectivity index (χ0) is 22.9. The van der Waals surface area contributed by atoms with E-state index in [0.29, 0.717) is 5.69 Å². The molecule has 2 N–H and O–H groups in total. The van der Waals surface area contributed by atoms with Crippen molar-refractivity contribution in [1.29, 1.82) is 0 Å². The van der Waals surface area contributed by atoms with Crippen LogP contribution in [-0.4, -0.2) is 57.4 Å². The highest BCUT2D eigenvalue weighted by atomic mass is 16.2. The molecule has 1 saturated heterocycles. The van der Waals surface area contributed by atoms with Gasteiger partial charge in [-0.3, -0.25) is 14.8 Å². The SMILES string of the molecule is CC(=O)Nc1ccc(C2=NN=C(c3ccccn3)C3CCC4NC(=O)N(C)C4CCC23)nc1. The number of anilines is 1. The summed E-state index contributed by atoms with van der Waals surface area (Å²) in [6, 6.07) is 9.88. The number of rotatable bonds is 3. The van der Waals surface area contributed by atoms with Crippen LogP contribution >= 0.6 is 0 Å². The monoisotopic (exact) mass is 445 g/mol. The maximum Gasteiger partial charge on any atom is 0.317 e. The number of hydrogen-bond donors (Lipinski definition) is 2. The summed E-state index contributed by atoms with van der Waals surface area (Å²) in [6.07, 6.45) is 6.91. The van der Waals surface area contributed by atoms with E-state index in [2.05, 4.69) is 30.8 Å². The lowest BCUT2D eigenvalue weighted by Gasteiger charge is -2.36. The lowest BCUT2D eigenvalue weighted by molar-refractivity contribution is -0.114. The third-order valence-electron chi connectivity index (χ3n) is 6.88. The van der Waals surface area contributed by atoms with Gasteiger partial charge in [0.25, 0.3) is 0 Å². The Balaban J connectivity index is 1.50. The van der Waals surface area contributed by atoms with Crippen molar-refractivity contribution in [3.05, 3.63) is 54.1 Å². The molecule has 170 valence electrons. The van der Waals surface area contributed by atoms with Crippen LogP contribution < -0.4 is 10.6 Å². The van der Waals surface area contributed by atoms with Crippen LogP contribution in [0.4, 0.5) is 10.5 Å². The third-order valence-corrected chi connectivity index (χ3v) is 6.88. The van der Waals surface area contributed by atoms with Crippen LogP contribution in [0.3, 0.4) is 0 Å². The van der Waals surface area contributed by atoms with Gasteiger partial charge in [-0.1, -0.05) is 6.07 Å². The maximum atomic E-state index is 12.3. The molecule has 0 aromatic carbocycles. The Morgan fingerprint density at radius 2 is 1.73 bits per heavy atom. The van der Waals surface area contributed by atoms with E-state index in [-0.39, 0.29) is 35.9 Å². The molecule has 2 aromatic heterocycles. The molecule has 2 aliphatic heterocycles. The predicted octanol–water partition coefficient (Wildman–Crippen LogP) is 2.84. The number of fused-ring (bicyclic) bond motifs is 2. The van der Waals surface area contributed by atoms with Crippen molar-refractivity contribution in [2.24, 2.45) is 22.0 Å². The minimum absolute atomic E-state index is 0.00222. The van der Waals surface area contributed by atoms with Crippen molar-refractivity contribution in [3.63, 3.8) is 0 Å². The number of carbonyl (C=O) groups is 2. The van der Waals surface area contributed by atoms with E-state index in [1.54, 1.807) is 12.4 Å². The molecule has 3 amide bonds. The van der Waals surface area contributed by atoms with Crippen molar-refractivity contribution in [2.45, 2.75) is 44.7 Å². The smallest absolute Gasteiger partial charge is 0.317 e. The lowest BCUT2D eigenvalue weighted by Crippen LogP contribution is -2.42. The molecule has 2 aromatic rings. The number of nitrogens with zero attached hydrogens (tertiary/aromatic N) is 5. The first-order chi connectivity index (χ1) is 16.0. The van der Waals surface area contributed by atoms with Crippen molar-refractivity contribution in [2.75, 3.05) is 12.4 Å². The summed E-state index contributed by atoms with van der Waals surface area (Å²) in [5.41, 5.74) is 4.00. The molecule has 4 heterocycles. The molecule has 0 spiro atoms. The number of aromatic nitrogens is 2. The Morgan fingerprint density at radius 3 is 2.36 bits per heavy atom. The Hall–Kier alpha value is -3.62. The second kappa shape index (κ2) is 8.73. The molecule has 5 rings (SSSR count). The first-order valence-corrected chi connectivity index (χ1v) is 11.4. The largest absolute Gasteiger partial charge is 0.333 e. The minimum Gasteiger partial charge on any atom is -0.333 e. The minimum atomic E-state index is -0.136. The molecule has 0 radical (unpaired) electrons. The van der Waals surface area contributed by atoms with Gasteiger partial charge in [0.05, 0.1) is 46.8 Å². The molecule has 4 unspecified atom stereocenters. The molecule has 3 aliphatic rings. The van der Waals surface area contributed by atoms with E-state index in [4.69, 9.17) is 0 Å². The highest BCUT2D eigenvalue weighted by Crippen LogP contribution is 2.38. The molecule has 2 fully saturated rings. The fraction of sp³-hybridized carbons (Fsp3) is 0.417. The van der Waals surface area contributed by atoms with Gasteiger partial charge in [-0.25, -0.2) is 4.79 Å². The molecule has 9 heteroatoms. The topological polar surface area (TPSA) is 112 Å². The molecule has 1 aliphatic carbocycles. The van der Waals surface area contributed by atoms with Crippen LogP contribution in [0.1, 0.15) is 44.0 Å². The van der Waals surface area contributed by atoms with Crippen LogP contribution in [0.25, 0.3) is 0 Å². The molecule has 0 bridgehead atoms. The Labute approximate surface area is 192 Å². The standard InChI is InChI=1S/C24H27N7O2/c1-14(32)27-15-6-9-20(26-13-15)23-17-8-11-21-18(28-24(33)31(21)2)10-7-16(17)22(29-30-23)19-5-3-4-12-25-19/h3-6,9,12-13,16-18,21H,7-8,10-11H2,1-2H3,(H,27,32)(H,28,33). The molecule has 4 atom stereocenters. The number of pyridine rings is 2. The second-order valence-electron chi connectivity index (χ2n) is 8.90. The Morgan fingerprint density at radius 1 is 1.00 bits per heavy atom. The number of carbonyl (C=O) groups excluding carboxylic acids is 2. The van der Waals surface area contributed by atoms with E-state index in [9.17, 15) is 9.59 Å².